The fourth-order valence-corrected chi connectivity index (χ4v) is 3.62. The minimum absolute atomic E-state index is 0.0868. The van der Waals surface area contributed by atoms with Gasteiger partial charge in [-0.3, -0.25) is 0 Å². The number of thioether (sulfide) groups is 1. The van der Waals surface area contributed by atoms with Gasteiger partial charge in [0, 0.05) is 23.2 Å². The summed E-state index contributed by atoms with van der Waals surface area (Å²) < 4.78 is 0. The number of hydrogen-bond acceptors (Lipinski definition) is 2. The van der Waals surface area contributed by atoms with Gasteiger partial charge in [0.05, 0.1) is 0 Å². The number of urea groups is 1. The highest BCUT2D eigenvalue weighted by atomic mass is 32.2. The fraction of sp³-hybridized carbons (Fsp3) is 0.562. The molecule has 3 nitrogen and oxygen atoms in total. The smallest absolute Gasteiger partial charge is 0.315 e. The number of hydrogen-bond donors (Lipinski definition) is 2. The van der Waals surface area contributed by atoms with Crippen LogP contribution in [0.2, 0.25) is 0 Å². The summed E-state index contributed by atoms with van der Waals surface area (Å²) in [6.07, 6.45) is 6.43. The molecule has 0 unspecified atom stereocenters. The molecule has 2 N–H and O–H groups in total. The predicted octanol–water partition coefficient (Wildman–Crippen LogP) is 3.93. The third kappa shape index (κ3) is 5.08. The highest BCUT2D eigenvalue weighted by molar-refractivity contribution is 8.00. The molecule has 1 aromatic rings. The van der Waals surface area contributed by atoms with Crippen LogP contribution in [-0.2, 0) is 6.54 Å². The molecule has 2 rings (SSSR count). The van der Waals surface area contributed by atoms with Crippen LogP contribution in [0, 0.1) is 0 Å². The Morgan fingerprint density at radius 3 is 2.55 bits per heavy atom. The Kier molecular flexibility index (Phi) is 6.25. The molecule has 0 spiro atoms. The summed E-state index contributed by atoms with van der Waals surface area (Å²) in [5, 5.41) is 6.48. The second-order valence-electron chi connectivity index (χ2n) is 5.28. The molecule has 0 aromatic heterocycles. The van der Waals surface area contributed by atoms with E-state index in [9.17, 15) is 4.79 Å². The lowest BCUT2D eigenvalue weighted by Crippen LogP contribution is -2.35. The van der Waals surface area contributed by atoms with Crippen molar-refractivity contribution >= 4 is 17.8 Å². The lowest BCUT2D eigenvalue weighted by molar-refractivity contribution is 0.240. The first-order valence-corrected chi connectivity index (χ1v) is 8.43. The first-order valence-electron chi connectivity index (χ1n) is 7.55. The summed E-state index contributed by atoms with van der Waals surface area (Å²) in [6, 6.07) is 8.47. The zero-order chi connectivity index (χ0) is 14.2. The van der Waals surface area contributed by atoms with E-state index >= 15 is 0 Å². The van der Waals surface area contributed by atoms with Gasteiger partial charge in [-0.1, -0.05) is 31.9 Å². The van der Waals surface area contributed by atoms with Crippen molar-refractivity contribution in [3.8, 4) is 0 Å². The van der Waals surface area contributed by atoms with Crippen LogP contribution in [-0.4, -0.2) is 17.8 Å². The number of carbonyl (C=O) groups excluding carboxylic acids is 1. The molecule has 1 saturated carbocycles. The number of carbonyl (C=O) groups is 1. The van der Waals surface area contributed by atoms with Gasteiger partial charge < -0.3 is 10.6 Å². The lowest BCUT2D eigenvalue weighted by atomic mass is 10.2. The molecule has 0 atom stereocenters. The van der Waals surface area contributed by atoms with Crippen molar-refractivity contribution in [3.63, 3.8) is 0 Å². The third-order valence-corrected chi connectivity index (χ3v) is 4.87. The monoisotopic (exact) mass is 292 g/mol. The number of rotatable bonds is 6. The van der Waals surface area contributed by atoms with E-state index in [0.717, 1.165) is 23.8 Å². The molecule has 2 amide bonds. The van der Waals surface area contributed by atoms with E-state index in [1.165, 1.54) is 30.6 Å². The summed E-state index contributed by atoms with van der Waals surface area (Å²) in [4.78, 5) is 12.8. The van der Waals surface area contributed by atoms with Gasteiger partial charge in [0.2, 0.25) is 0 Å². The molecule has 1 aliphatic rings. The quantitative estimate of drug-likeness (QED) is 0.834. The van der Waals surface area contributed by atoms with E-state index in [2.05, 4.69) is 34.9 Å². The third-order valence-electron chi connectivity index (χ3n) is 3.52. The van der Waals surface area contributed by atoms with Crippen LogP contribution in [0.4, 0.5) is 4.79 Å². The van der Waals surface area contributed by atoms with Crippen molar-refractivity contribution in [3.05, 3.63) is 29.8 Å². The normalized spacial score (nSPS) is 15.2. The first-order chi connectivity index (χ1) is 9.78. The number of amides is 2. The highest BCUT2D eigenvalue weighted by Crippen LogP contribution is 2.34. The maximum Gasteiger partial charge on any atom is 0.315 e. The Balaban J connectivity index is 1.74. The Labute approximate surface area is 125 Å². The van der Waals surface area contributed by atoms with Gasteiger partial charge in [-0.2, -0.15) is 0 Å². The van der Waals surface area contributed by atoms with E-state index in [1.807, 2.05) is 18.7 Å². The summed E-state index contributed by atoms with van der Waals surface area (Å²) in [5.74, 6) is 0. The van der Waals surface area contributed by atoms with Crippen molar-refractivity contribution in [1.82, 2.24) is 10.6 Å². The number of nitrogens with one attached hydrogen (secondary N) is 2. The van der Waals surface area contributed by atoms with E-state index in [4.69, 9.17) is 0 Å². The maximum atomic E-state index is 11.4. The predicted molar refractivity (Wildman–Crippen MR) is 85.1 cm³/mol. The molecular weight excluding hydrogens is 268 g/mol. The van der Waals surface area contributed by atoms with Gasteiger partial charge in [0.1, 0.15) is 0 Å². The molecule has 0 heterocycles. The minimum Gasteiger partial charge on any atom is -0.338 e. The van der Waals surface area contributed by atoms with Crippen LogP contribution in [0.5, 0.6) is 0 Å². The lowest BCUT2D eigenvalue weighted by Gasteiger charge is -2.10. The van der Waals surface area contributed by atoms with E-state index < -0.39 is 0 Å². The first kappa shape index (κ1) is 15.2. The van der Waals surface area contributed by atoms with Gasteiger partial charge in [0.25, 0.3) is 0 Å². The highest BCUT2D eigenvalue weighted by Gasteiger charge is 2.15. The summed E-state index contributed by atoms with van der Waals surface area (Å²) in [7, 11) is 0. The average Bonchev–Trinajstić information content (AvgIpc) is 2.97. The molecule has 0 bridgehead atoms. The largest absolute Gasteiger partial charge is 0.338 e. The van der Waals surface area contributed by atoms with Gasteiger partial charge in [-0.15, -0.1) is 11.8 Å². The molecule has 0 aliphatic heterocycles. The van der Waals surface area contributed by atoms with Crippen LogP contribution in [0.25, 0.3) is 0 Å². The summed E-state index contributed by atoms with van der Waals surface area (Å²) in [6.45, 7) is 3.35. The molecule has 0 saturated heterocycles. The van der Waals surface area contributed by atoms with E-state index in [1.54, 1.807) is 0 Å². The topological polar surface area (TPSA) is 41.1 Å². The maximum absolute atomic E-state index is 11.4. The summed E-state index contributed by atoms with van der Waals surface area (Å²) in [5.41, 5.74) is 1.15. The van der Waals surface area contributed by atoms with Crippen LogP contribution < -0.4 is 10.6 Å². The van der Waals surface area contributed by atoms with Gasteiger partial charge in [0.15, 0.2) is 0 Å². The zero-order valence-corrected chi connectivity index (χ0v) is 13.0. The Morgan fingerprint density at radius 2 is 1.90 bits per heavy atom. The van der Waals surface area contributed by atoms with E-state index in [-0.39, 0.29) is 6.03 Å². The van der Waals surface area contributed by atoms with Crippen LogP contribution in [0.1, 0.15) is 44.6 Å². The Hall–Kier alpha value is -1.16. The zero-order valence-electron chi connectivity index (χ0n) is 12.2. The van der Waals surface area contributed by atoms with Crippen molar-refractivity contribution in [1.29, 1.82) is 0 Å². The molecule has 1 aliphatic carbocycles. The van der Waals surface area contributed by atoms with Gasteiger partial charge in [-0.25, -0.2) is 4.79 Å². The van der Waals surface area contributed by atoms with Crippen LogP contribution >= 0.6 is 11.8 Å². The molecule has 4 heteroatoms. The van der Waals surface area contributed by atoms with Crippen LogP contribution in [0.3, 0.4) is 0 Å². The van der Waals surface area contributed by atoms with Crippen molar-refractivity contribution in [2.45, 2.75) is 55.7 Å². The van der Waals surface area contributed by atoms with E-state index in [0.29, 0.717) is 6.54 Å². The Morgan fingerprint density at radius 1 is 1.20 bits per heavy atom. The van der Waals surface area contributed by atoms with Crippen molar-refractivity contribution in [2.24, 2.45) is 0 Å². The van der Waals surface area contributed by atoms with Crippen LogP contribution in [0.15, 0.2) is 29.2 Å². The molecule has 0 radical (unpaired) electrons. The van der Waals surface area contributed by atoms with Gasteiger partial charge >= 0.3 is 6.03 Å². The second kappa shape index (κ2) is 8.20. The average molecular weight is 292 g/mol. The molecule has 20 heavy (non-hydrogen) atoms. The SMILES string of the molecule is CCCNC(=O)NCc1ccc(SC2CCCC2)cc1. The molecule has 1 fully saturated rings. The second-order valence-corrected chi connectivity index (χ2v) is 6.65. The van der Waals surface area contributed by atoms with Gasteiger partial charge in [-0.05, 0) is 37.0 Å². The molecule has 1 aromatic carbocycles. The van der Waals surface area contributed by atoms with Crippen molar-refractivity contribution in [2.75, 3.05) is 6.54 Å². The molecule has 110 valence electrons. The van der Waals surface area contributed by atoms with Crippen molar-refractivity contribution < 1.29 is 4.79 Å². The minimum atomic E-state index is -0.0868. The fourth-order valence-electron chi connectivity index (χ4n) is 2.37. The Bertz CT molecular complexity index is 413. The summed E-state index contributed by atoms with van der Waals surface area (Å²) >= 11 is 2.00. The number of benzene rings is 1. The standard InChI is InChI=1S/C16H24N2OS/c1-2-11-17-16(19)18-12-13-7-9-15(10-8-13)20-14-5-3-4-6-14/h7-10,14H,2-6,11-12H2,1H3,(H2,17,18,19). The molecular formula is C16H24N2OS.